The molecular weight excluding hydrogens is 262 g/mol. The van der Waals surface area contributed by atoms with E-state index in [0.717, 1.165) is 30.8 Å². The summed E-state index contributed by atoms with van der Waals surface area (Å²) in [6.45, 7) is 8.75. The second-order valence-electron chi connectivity index (χ2n) is 5.44. The minimum atomic E-state index is 0.658. The van der Waals surface area contributed by atoms with Crippen LogP contribution in [-0.4, -0.2) is 11.5 Å². The highest BCUT2D eigenvalue weighted by atomic mass is 32.2. The third kappa shape index (κ3) is 13.5. The van der Waals surface area contributed by atoms with E-state index < -0.39 is 0 Å². The minimum Gasteiger partial charge on any atom is -0.198 e. The third-order valence-corrected chi connectivity index (χ3v) is 3.93. The number of nitrogens with zero attached hydrogens (tertiary/aromatic N) is 1. The van der Waals surface area contributed by atoms with Gasteiger partial charge in [-0.1, -0.05) is 34.9 Å². The van der Waals surface area contributed by atoms with Gasteiger partial charge in [-0.2, -0.15) is 17.0 Å². The first-order valence-corrected chi connectivity index (χ1v) is 8.61. The van der Waals surface area contributed by atoms with Crippen LogP contribution in [0.4, 0.5) is 0 Å². The average Bonchev–Trinajstić information content (AvgIpc) is 2.38. The molecule has 0 bridgehead atoms. The number of nitriles is 1. The van der Waals surface area contributed by atoms with Crippen LogP contribution in [0, 0.1) is 11.3 Å². The smallest absolute Gasteiger partial charge is 0.0630 e. The number of allylic oxidation sites excluding steroid dienone is 5. The molecule has 0 saturated heterocycles. The Morgan fingerprint density at radius 2 is 1.55 bits per heavy atom. The molecule has 0 fully saturated rings. The van der Waals surface area contributed by atoms with Gasteiger partial charge in [0, 0.05) is 17.9 Å². The van der Waals surface area contributed by atoms with Gasteiger partial charge in [-0.3, -0.25) is 0 Å². The summed E-state index contributed by atoms with van der Waals surface area (Å²) in [6, 6.07) is 2.17. The zero-order chi connectivity index (χ0) is 15.2. The lowest BCUT2D eigenvalue weighted by atomic mass is 10.1. The van der Waals surface area contributed by atoms with Crippen molar-refractivity contribution in [1.29, 1.82) is 5.26 Å². The van der Waals surface area contributed by atoms with Gasteiger partial charge in [0.15, 0.2) is 0 Å². The summed E-state index contributed by atoms with van der Waals surface area (Å²) in [5, 5.41) is 8.45. The Morgan fingerprint density at radius 1 is 0.950 bits per heavy atom. The maximum atomic E-state index is 8.45. The van der Waals surface area contributed by atoms with Crippen molar-refractivity contribution in [3.63, 3.8) is 0 Å². The molecule has 0 heterocycles. The summed E-state index contributed by atoms with van der Waals surface area (Å²) >= 11 is 1.84. The molecule has 0 saturated carbocycles. The summed E-state index contributed by atoms with van der Waals surface area (Å²) in [6.07, 6.45) is 12.3. The van der Waals surface area contributed by atoms with Gasteiger partial charge in [-0.15, -0.1) is 0 Å². The van der Waals surface area contributed by atoms with Crippen molar-refractivity contribution in [2.75, 3.05) is 11.5 Å². The molecule has 0 rings (SSSR count). The van der Waals surface area contributed by atoms with Crippen molar-refractivity contribution in [1.82, 2.24) is 0 Å². The van der Waals surface area contributed by atoms with E-state index in [-0.39, 0.29) is 0 Å². The molecule has 0 unspecified atom stereocenters. The van der Waals surface area contributed by atoms with Crippen molar-refractivity contribution < 1.29 is 0 Å². The van der Waals surface area contributed by atoms with Gasteiger partial charge >= 0.3 is 0 Å². The highest BCUT2D eigenvalue weighted by molar-refractivity contribution is 7.99. The van der Waals surface area contributed by atoms with E-state index in [2.05, 4.69) is 52.0 Å². The van der Waals surface area contributed by atoms with Crippen LogP contribution < -0.4 is 0 Å². The molecule has 2 heteroatoms. The molecule has 1 nitrogen and oxygen atoms in total. The maximum Gasteiger partial charge on any atom is 0.0630 e. The van der Waals surface area contributed by atoms with Crippen LogP contribution in [0.1, 0.15) is 59.8 Å². The zero-order valence-corrected chi connectivity index (χ0v) is 14.4. The largest absolute Gasteiger partial charge is 0.198 e. The fourth-order valence-corrected chi connectivity index (χ4v) is 2.55. The van der Waals surface area contributed by atoms with Gasteiger partial charge in [-0.25, -0.2) is 0 Å². The lowest BCUT2D eigenvalue weighted by Crippen LogP contribution is -1.83. The lowest BCUT2D eigenvalue weighted by Gasteiger charge is -2.01. The van der Waals surface area contributed by atoms with E-state index in [0.29, 0.717) is 6.42 Å². The molecule has 0 aromatic rings. The molecule has 0 aromatic carbocycles. The molecule has 0 N–H and O–H groups in total. The fourth-order valence-electron chi connectivity index (χ4n) is 1.74. The molecule has 0 aliphatic heterocycles. The zero-order valence-electron chi connectivity index (χ0n) is 13.5. The number of thioether (sulfide) groups is 1. The van der Waals surface area contributed by atoms with Crippen LogP contribution in [-0.2, 0) is 0 Å². The van der Waals surface area contributed by atoms with E-state index in [1.165, 1.54) is 23.1 Å². The van der Waals surface area contributed by atoms with Crippen LogP contribution >= 0.6 is 11.8 Å². The number of hydrogen-bond acceptors (Lipinski definition) is 2. The summed E-state index contributed by atoms with van der Waals surface area (Å²) in [5.74, 6) is 1.99. The summed E-state index contributed by atoms with van der Waals surface area (Å²) < 4.78 is 0. The van der Waals surface area contributed by atoms with Crippen molar-refractivity contribution in [3.8, 4) is 6.07 Å². The molecule has 112 valence electrons. The lowest BCUT2D eigenvalue weighted by molar-refractivity contribution is 0.917. The van der Waals surface area contributed by atoms with Gasteiger partial charge in [0.1, 0.15) is 0 Å². The maximum absolute atomic E-state index is 8.45. The van der Waals surface area contributed by atoms with Crippen LogP contribution in [0.15, 0.2) is 34.9 Å². The van der Waals surface area contributed by atoms with Crippen LogP contribution in [0.25, 0.3) is 0 Å². The first kappa shape index (κ1) is 19.1. The van der Waals surface area contributed by atoms with Crippen molar-refractivity contribution in [3.05, 3.63) is 34.9 Å². The quantitative estimate of drug-likeness (QED) is 0.361. The van der Waals surface area contributed by atoms with E-state index in [1.807, 2.05) is 11.8 Å². The third-order valence-electron chi connectivity index (χ3n) is 3.03. The van der Waals surface area contributed by atoms with Gasteiger partial charge < -0.3 is 0 Å². The van der Waals surface area contributed by atoms with E-state index in [9.17, 15) is 0 Å². The topological polar surface area (TPSA) is 23.8 Å². The van der Waals surface area contributed by atoms with E-state index >= 15 is 0 Å². The first-order chi connectivity index (χ1) is 9.56. The summed E-state index contributed by atoms with van der Waals surface area (Å²) in [4.78, 5) is 0. The molecule has 20 heavy (non-hydrogen) atoms. The SMILES string of the molecule is CC(C)=CCCC(C)=CCCC(C)=CCSCCC#N. The Morgan fingerprint density at radius 3 is 2.15 bits per heavy atom. The normalized spacial score (nSPS) is 12.2. The molecule has 0 aromatic heterocycles. The van der Waals surface area contributed by atoms with E-state index in [4.69, 9.17) is 5.26 Å². The predicted molar refractivity (Wildman–Crippen MR) is 93.0 cm³/mol. The van der Waals surface area contributed by atoms with Crippen LogP contribution in [0.5, 0.6) is 0 Å². The standard InChI is InChI=1S/C18H29NS/c1-16(2)8-5-9-17(3)10-6-11-18(4)12-15-20-14-7-13-19/h8,10,12H,5-7,9,11,14-15H2,1-4H3. The van der Waals surface area contributed by atoms with Crippen LogP contribution in [0.3, 0.4) is 0 Å². The number of rotatable bonds is 10. The van der Waals surface area contributed by atoms with Gasteiger partial charge in [0.2, 0.25) is 0 Å². The Hall–Kier alpha value is -0.940. The monoisotopic (exact) mass is 291 g/mol. The van der Waals surface area contributed by atoms with Crippen molar-refractivity contribution in [2.24, 2.45) is 0 Å². The summed E-state index contributed by atoms with van der Waals surface area (Å²) in [7, 11) is 0. The molecule has 0 radical (unpaired) electrons. The number of hydrogen-bond donors (Lipinski definition) is 0. The van der Waals surface area contributed by atoms with Gasteiger partial charge in [0.05, 0.1) is 6.07 Å². The summed E-state index contributed by atoms with van der Waals surface area (Å²) in [5.41, 5.74) is 4.37. The molecule has 0 spiro atoms. The average molecular weight is 292 g/mol. The second-order valence-corrected chi connectivity index (χ2v) is 6.59. The molecular formula is C18H29NS. The Bertz CT molecular complexity index is 379. The minimum absolute atomic E-state index is 0.658. The molecule has 0 aliphatic carbocycles. The Kier molecular flexibility index (Phi) is 12.4. The fraction of sp³-hybridized carbons (Fsp3) is 0.611. The highest BCUT2D eigenvalue weighted by Crippen LogP contribution is 2.12. The van der Waals surface area contributed by atoms with Gasteiger partial charge in [0.25, 0.3) is 0 Å². The van der Waals surface area contributed by atoms with Gasteiger partial charge in [-0.05, 0) is 53.4 Å². The van der Waals surface area contributed by atoms with Crippen molar-refractivity contribution in [2.45, 2.75) is 59.8 Å². The predicted octanol–water partition coefficient (Wildman–Crippen LogP) is 6.05. The Labute approximate surface area is 129 Å². The second kappa shape index (κ2) is 13.1. The molecule has 0 aliphatic rings. The highest BCUT2D eigenvalue weighted by Gasteiger charge is 1.92. The van der Waals surface area contributed by atoms with E-state index in [1.54, 1.807) is 0 Å². The van der Waals surface area contributed by atoms with Crippen molar-refractivity contribution >= 4 is 11.8 Å². The van der Waals surface area contributed by atoms with Crippen LogP contribution in [0.2, 0.25) is 0 Å². The Balaban J connectivity index is 3.77. The first-order valence-electron chi connectivity index (χ1n) is 7.45. The molecule has 0 amide bonds. The molecule has 0 atom stereocenters.